The lowest BCUT2D eigenvalue weighted by Crippen LogP contribution is -2.38. The molecule has 1 N–H and O–H groups in total. The van der Waals surface area contributed by atoms with Crippen molar-refractivity contribution < 1.29 is 9.90 Å². The van der Waals surface area contributed by atoms with Gasteiger partial charge in [-0.3, -0.25) is 0 Å². The molecule has 1 aromatic rings. The number of rotatable bonds is 4. The molecular formula is C13H16N2O2. The normalized spacial score (nSPS) is 11.6. The van der Waals surface area contributed by atoms with Gasteiger partial charge in [0.2, 0.25) is 0 Å². The van der Waals surface area contributed by atoms with Crippen LogP contribution in [0.5, 0.6) is 0 Å². The quantitative estimate of drug-likeness (QED) is 0.864. The molecule has 0 heterocycles. The van der Waals surface area contributed by atoms with E-state index in [1.807, 2.05) is 13.8 Å². The Morgan fingerprint density at radius 1 is 1.59 bits per heavy atom. The molecule has 0 aromatic heterocycles. The number of hydrogen-bond donors (Lipinski definition) is 1. The van der Waals surface area contributed by atoms with E-state index in [4.69, 9.17) is 10.4 Å². The van der Waals surface area contributed by atoms with Crippen LogP contribution in [-0.2, 0) is 4.79 Å². The second kappa shape index (κ2) is 5.35. The molecule has 0 aliphatic carbocycles. The molecule has 0 saturated heterocycles. The van der Waals surface area contributed by atoms with Crippen LogP contribution in [0.3, 0.4) is 0 Å². The summed E-state index contributed by atoms with van der Waals surface area (Å²) in [6.45, 7) is 3.72. The topological polar surface area (TPSA) is 64.3 Å². The molecule has 0 bridgehead atoms. The van der Waals surface area contributed by atoms with E-state index in [0.717, 1.165) is 11.3 Å². The first-order chi connectivity index (χ1) is 8.01. The molecule has 0 saturated carbocycles. The molecule has 1 atom stereocenters. The molecule has 0 spiro atoms. The number of anilines is 1. The second-order valence-electron chi connectivity index (χ2n) is 3.99. The standard InChI is InChI=1S/C13H16N2O2/c1-4-11(13(16)17)15(3)12-6-5-10(8-14)7-9(12)2/h5-7,11H,4H2,1-3H3,(H,16,17). The maximum Gasteiger partial charge on any atom is 0.326 e. The highest BCUT2D eigenvalue weighted by Gasteiger charge is 2.21. The smallest absolute Gasteiger partial charge is 0.326 e. The molecular weight excluding hydrogens is 216 g/mol. The summed E-state index contributed by atoms with van der Waals surface area (Å²) in [5.41, 5.74) is 2.34. The molecule has 1 aromatic carbocycles. The number of benzene rings is 1. The number of aryl methyl sites for hydroxylation is 1. The summed E-state index contributed by atoms with van der Waals surface area (Å²) in [6, 6.07) is 6.78. The Hall–Kier alpha value is -2.02. The van der Waals surface area contributed by atoms with Crippen LogP contribution in [0, 0.1) is 18.3 Å². The Balaban J connectivity index is 3.08. The average Bonchev–Trinajstić information content (AvgIpc) is 2.28. The fraction of sp³-hybridized carbons (Fsp3) is 0.385. The van der Waals surface area contributed by atoms with Crippen molar-refractivity contribution in [2.24, 2.45) is 0 Å². The predicted octanol–water partition coefficient (Wildman–Crippen LogP) is 2.17. The molecule has 1 unspecified atom stereocenters. The van der Waals surface area contributed by atoms with Gasteiger partial charge in [-0.05, 0) is 37.1 Å². The van der Waals surface area contributed by atoms with Crippen LogP contribution in [0.4, 0.5) is 5.69 Å². The van der Waals surface area contributed by atoms with Crippen molar-refractivity contribution >= 4 is 11.7 Å². The van der Waals surface area contributed by atoms with Crippen LogP contribution >= 0.6 is 0 Å². The van der Waals surface area contributed by atoms with Crippen molar-refractivity contribution in [3.05, 3.63) is 29.3 Å². The molecule has 0 amide bonds. The molecule has 1 rings (SSSR count). The van der Waals surface area contributed by atoms with Crippen LogP contribution in [-0.4, -0.2) is 24.2 Å². The van der Waals surface area contributed by atoms with Gasteiger partial charge in [0.25, 0.3) is 0 Å². The lowest BCUT2D eigenvalue weighted by molar-refractivity contribution is -0.138. The van der Waals surface area contributed by atoms with Gasteiger partial charge in [0, 0.05) is 12.7 Å². The van der Waals surface area contributed by atoms with Crippen LogP contribution in [0.15, 0.2) is 18.2 Å². The number of carboxylic acid groups (broad SMARTS) is 1. The monoisotopic (exact) mass is 232 g/mol. The number of likely N-dealkylation sites (N-methyl/N-ethyl adjacent to an activating group) is 1. The zero-order valence-electron chi connectivity index (χ0n) is 10.3. The maximum absolute atomic E-state index is 11.1. The van der Waals surface area contributed by atoms with E-state index >= 15 is 0 Å². The van der Waals surface area contributed by atoms with Crippen LogP contribution < -0.4 is 4.90 Å². The third-order valence-corrected chi connectivity index (χ3v) is 2.85. The van der Waals surface area contributed by atoms with Gasteiger partial charge in [-0.15, -0.1) is 0 Å². The first kappa shape index (κ1) is 13.0. The Bertz CT molecular complexity index is 463. The summed E-state index contributed by atoms with van der Waals surface area (Å²) in [5.74, 6) is -0.834. The van der Waals surface area contributed by atoms with Crippen LogP contribution in [0.1, 0.15) is 24.5 Å². The van der Waals surface area contributed by atoms with Gasteiger partial charge >= 0.3 is 5.97 Å². The summed E-state index contributed by atoms with van der Waals surface area (Å²) in [5, 5.41) is 17.9. The number of hydrogen-bond acceptors (Lipinski definition) is 3. The average molecular weight is 232 g/mol. The predicted molar refractivity (Wildman–Crippen MR) is 66.0 cm³/mol. The maximum atomic E-state index is 11.1. The first-order valence-electron chi connectivity index (χ1n) is 5.47. The second-order valence-corrected chi connectivity index (χ2v) is 3.99. The zero-order valence-corrected chi connectivity index (χ0v) is 10.3. The summed E-state index contributed by atoms with van der Waals surface area (Å²) in [6.07, 6.45) is 0.533. The van der Waals surface area contributed by atoms with E-state index in [0.29, 0.717) is 12.0 Å². The van der Waals surface area contributed by atoms with E-state index < -0.39 is 12.0 Å². The molecule has 0 aliphatic rings. The molecule has 0 radical (unpaired) electrons. The fourth-order valence-electron chi connectivity index (χ4n) is 1.90. The van der Waals surface area contributed by atoms with Gasteiger partial charge in [-0.1, -0.05) is 6.92 Å². The van der Waals surface area contributed by atoms with Crippen molar-refractivity contribution in [3.63, 3.8) is 0 Å². The van der Waals surface area contributed by atoms with Crippen LogP contribution in [0.2, 0.25) is 0 Å². The number of aliphatic carboxylic acids is 1. The van der Waals surface area contributed by atoms with Gasteiger partial charge in [0.1, 0.15) is 6.04 Å². The Morgan fingerprint density at radius 3 is 2.65 bits per heavy atom. The minimum Gasteiger partial charge on any atom is -0.480 e. The number of carbonyl (C=O) groups is 1. The third kappa shape index (κ3) is 2.76. The number of nitrogens with zero attached hydrogens (tertiary/aromatic N) is 2. The summed E-state index contributed by atoms with van der Waals surface area (Å²) < 4.78 is 0. The third-order valence-electron chi connectivity index (χ3n) is 2.85. The van der Waals surface area contributed by atoms with E-state index in [9.17, 15) is 4.79 Å². The summed E-state index contributed by atoms with van der Waals surface area (Å²) in [7, 11) is 1.76. The Labute approximate surface area is 101 Å². The Kier molecular flexibility index (Phi) is 4.11. The molecule has 17 heavy (non-hydrogen) atoms. The van der Waals surface area contributed by atoms with Gasteiger partial charge in [0.05, 0.1) is 11.6 Å². The SMILES string of the molecule is CCC(C(=O)O)N(C)c1ccc(C#N)cc1C. The van der Waals surface area contributed by atoms with Crippen molar-refractivity contribution in [2.45, 2.75) is 26.3 Å². The van der Waals surface area contributed by atoms with Gasteiger partial charge in [-0.25, -0.2) is 4.79 Å². The molecule has 90 valence electrons. The highest BCUT2D eigenvalue weighted by molar-refractivity contribution is 5.78. The lowest BCUT2D eigenvalue weighted by Gasteiger charge is -2.27. The van der Waals surface area contributed by atoms with Crippen molar-refractivity contribution in [1.82, 2.24) is 0 Å². The largest absolute Gasteiger partial charge is 0.480 e. The van der Waals surface area contributed by atoms with E-state index in [2.05, 4.69) is 6.07 Å². The van der Waals surface area contributed by atoms with E-state index in [1.165, 1.54) is 0 Å². The highest BCUT2D eigenvalue weighted by Crippen LogP contribution is 2.22. The summed E-state index contributed by atoms with van der Waals surface area (Å²) >= 11 is 0. The molecule has 0 fully saturated rings. The Morgan fingerprint density at radius 2 is 2.24 bits per heavy atom. The molecule has 0 aliphatic heterocycles. The fourth-order valence-corrected chi connectivity index (χ4v) is 1.90. The van der Waals surface area contributed by atoms with Gasteiger partial charge < -0.3 is 10.0 Å². The minimum absolute atomic E-state index is 0.533. The number of nitriles is 1. The van der Waals surface area contributed by atoms with Gasteiger partial charge in [0.15, 0.2) is 0 Å². The molecule has 4 heteroatoms. The highest BCUT2D eigenvalue weighted by atomic mass is 16.4. The van der Waals surface area contributed by atoms with Crippen LogP contribution in [0.25, 0.3) is 0 Å². The first-order valence-corrected chi connectivity index (χ1v) is 5.47. The molecule has 4 nitrogen and oxygen atoms in total. The van der Waals surface area contributed by atoms with Crippen molar-refractivity contribution in [2.75, 3.05) is 11.9 Å². The zero-order chi connectivity index (χ0) is 13.0. The van der Waals surface area contributed by atoms with E-state index in [-0.39, 0.29) is 0 Å². The van der Waals surface area contributed by atoms with Gasteiger partial charge in [-0.2, -0.15) is 5.26 Å². The van der Waals surface area contributed by atoms with Crippen molar-refractivity contribution in [1.29, 1.82) is 5.26 Å². The van der Waals surface area contributed by atoms with E-state index in [1.54, 1.807) is 30.1 Å². The minimum atomic E-state index is -0.834. The van der Waals surface area contributed by atoms with Crippen molar-refractivity contribution in [3.8, 4) is 6.07 Å². The summed E-state index contributed by atoms with van der Waals surface area (Å²) in [4.78, 5) is 12.8. The lowest BCUT2D eigenvalue weighted by atomic mass is 10.1. The number of carboxylic acids is 1.